The number of hydrogen-bond acceptors (Lipinski definition) is 2. The lowest BCUT2D eigenvalue weighted by Crippen LogP contribution is -2.04. The smallest absolute Gasteiger partial charge is 0.137 e. The molecule has 0 aliphatic heterocycles. The number of fused-ring (bicyclic) bond motifs is 1. The molecule has 2 N–H and O–H groups in total. The molecular weight excluding hydrogens is 234 g/mol. The lowest BCUT2D eigenvalue weighted by Gasteiger charge is -2.05. The quantitative estimate of drug-likeness (QED) is 0.760. The van der Waals surface area contributed by atoms with Gasteiger partial charge in [-0.15, -0.1) is 0 Å². The Morgan fingerprint density at radius 1 is 1.05 bits per heavy atom. The second-order valence-corrected chi connectivity index (χ2v) is 4.84. The van der Waals surface area contributed by atoms with Gasteiger partial charge in [-0.2, -0.15) is 0 Å². The maximum Gasteiger partial charge on any atom is 0.137 e. The van der Waals surface area contributed by atoms with Gasteiger partial charge in [0.15, 0.2) is 0 Å². The zero-order chi connectivity index (χ0) is 13.4. The minimum Gasteiger partial charge on any atom is -0.325 e. The van der Waals surface area contributed by atoms with Gasteiger partial charge in [-0.05, 0) is 26.0 Å². The molecule has 2 aromatic heterocycles. The van der Waals surface area contributed by atoms with E-state index in [0.29, 0.717) is 6.54 Å². The summed E-state index contributed by atoms with van der Waals surface area (Å²) in [7, 11) is 0. The van der Waals surface area contributed by atoms with E-state index >= 15 is 0 Å². The van der Waals surface area contributed by atoms with E-state index in [-0.39, 0.29) is 0 Å². The van der Waals surface area contributed by atoms with E-state index in [1.807, 2.05) is 12.1 Å². The molecule has 3 aromatic rings. The van der Waals surface area contributed by atoms with Gasteiger partial charge < -0.3 is 5.73 Å². The van der Waals surface area contributed by atoms with Gasteiger partial charge >= 0.3 is 0 Å². The Balaban J connectivity index is 2.29. The Morgan fingerprint density at radius 2 is 1.79 bits per heavy atom. The molecule has 0 radical (unpaired) electrons. The number of imidazole rings is 1. The summed E-state index contributed by atoms with van der Waals surface area (Å²) in [6.07, 6.45) is 0. The second kappa shape index (κ2) is 4.52. The zero-order valence-corrected chi connectivity index (χ0v) is 11.2. The van der Waals surface area contributed by atoms with Crippen molar-refractivity contribution in [2.24, 2.45) is 5.73 Å². The number of rotatable bonds is 2. The molecule has 96 valence electrons. The first-order chi connectivity index (χ1) is 9.20. The molecule has 0 atom stereocenters. The molecule has 2 heterocycles. The Labute approximate surface area is 112 Å². The third-order valence-corrected chi connectivity index (χ3v) is 3.45. The minimum absolute atomic E-state index is 0.481. The molecule has 1 aromatic carbocycles. The van der Waals surface area contributed by atoms with Crippen LogP contribution in [0.1, 0.15) is 17.0 Å². The van der Waals surface area contributed by atoms with Crippen LogP contribution in [0, 0.1) is 13.8 Å². The molecule has 0 aliphatic rings. The summed E-state index contributed by atoms with van der Waals surface area (Å²) in [4.78, 5) is 4.73. The molecule has 0 spiro atoms. The van der Waals surface area contributed by atoms with Crippen LogP contribution in [-0.2, 0) is 6.54 Å². The van der Waals surface area contributed by atoms with Gasteiger partial charge in [0.1, 0.15) is 5.65 Å². The van der Waals surface area contributed by atoms with Crippen LogP contribution in [0.3, 0.4) is 0 Å². The van der Waals surface area contributed by atoms with E-state index in [1.165, 1.54) is 5.56 Å². The summed E-state index contributed by atoms with van der Waals surface area (Å²) < 4.78 is 2.13. The minimum atomic E-state index is 0.481. The van der Waals surface area contributed by atoms with Crippen molar-refractivity contribution >= 4 is 5.65 Å². The number of nitrogens with zero attached hydrogens (tertiary/aromatic N) is 2. The highest BCUT2D eigenvalue weighted by Crippen LogP contribution is 2.25. The third kappa shape index (κ3) is 1.92. The SMILES string of the molecule is Cc1ccc(-c2nc3cccc(C)n3c2CN)cc1. The number of benzene rings is 1. The molecule has 0 unspecified atom stereocenters. The Morgan fingerprint density at radius 3 is 2.47 bits per heavy atom. The average molecular weight is 251 g/mol. The predicted molar refractivity (Wildman–Crippen MR) is 78.0 cm³/mol. The third-order valence-electron chi connectivity index (χ3n) is 3.45. The van der Waals surface area contributed by atoms with Crippen LogP contribution in [0.4, 0.5) is 0 Å². The summed E-state index contributed by atoms with van der Waals surface area (Å²) in [5, 5.41) is 0. The first-order valence-corrected chi connectivity index (χ1v) is 6.45. The van der Waals surface area contributed by atoms with E-state index in [0.717, 1.165) is 28.3 Å². The molecule has 0 bridgehead atoms. The van der Waals surface area contributed by atoms with Crippen molar-refractivity contribution in [3.63, 3.8) is 0 Å². The van der Waals surface area contributed by atoms with Crippen molar-refractivity contribution in [3.8, 4) is 11.3 Å². The highest BCUT2D eigenvalue weighted by atomic mass is 15.0. The predicted octanol–water partition coefficient (Wildman–Crippen LogP) is 3.08. The normalized spacial score (nSPS) is 11.1. The monoisotopic (exact) mass is 251 g/mol. The maximum atomic E-state index is 5.94. The highest BCUT2D eigenvalue weighted by molar-refractivity contribution is 5.67. The van der Waals surface area contributed by atoms with E-state index in [4.69, 9.17) is 10.7 Å². The molecule has 0 amide bonds. The van der Waals surface area contributed by atoms with Gasteiger partial charge in [0.25, 0.3) is 0 Å². The molecular formula is C16H17N3. The molecule has 0 saturated carbocycles. The lowest BCUT2D eigenvalue weighted by atomic mass is 10.1. The standard InChI is InChI=1S/C16H17N3/c1-11-6-8-13(9-7-11)16-14(10-17)19-12(2)4-3-5-15(19)18-16/h3-9H,10,17H2,1-2H3. The first kappa shape index (κ1) is 11.9. The van der Waals surface area contributed by atoms with Gasteiger partial charge in [-0.1, -0.05) is 35.9 Å². The number of nitrogens with two attached hydrogens (primary N) is 1. The lowest BCUT2D eigenvalue weighted by molar-refractivity contribution is 0.935. The molecule has 3 heteroatoms. The van der Waals surface area contributed by atoms with Crippen molar-refractivity contribution in [1.82, 2.24) is 9.38 Å². The van der Waals surface area contributed by atoms with E-state index in [2.05, 4.69) is 48.6 Å². The highest BCUT2D eigenvalue weighted by Gasteiger charge is 2.13. The Kier molecular flexibility index (Phi) is 2.84. The van der Waals surface area contributed by atoms with Gasteiger partial charge in [0.05, 0.1) is 11.4 Å². The largest absolute Gasteiger partial charge is 0.325 e. The Hall–Kier alpha value is -2.13. The fourth-order valence-electron chi connectivity index (χ4n) is 2.46. The van der Waals surface area contributed by atoms with Crippen molar-refractivity contribution in [1.29, 1.82) is 0 Å². The summed E-state index contributed by atoms with van der Waals surface area (Å²) in [6, 6.07) is 14.5. The van der Waals surface area contributed by atoms with Crippen molar-refractivity contribution in [2.45, 2.75) is 20.4 Å². The second-order valence-electron chi connectivity index (χ2n) is 4.84. The van der Waals surface area contributed by atoms with Crippen LogP contribution in [-0.4, -0.2) is 9.38 Å². The van der Waals surface area contributed by atoms with Crippen molar-refractivity contribution in [3.05, 3.63) is 59.4 Å². The van der Waals surface area contributed by atoms with Crippen molar-refractivity contribution < 1.29 is 0 Å². The van der Waals surface area contributed by atoms with Crippen LogP contribution in [0.15, 0.2) is 42.5 Å². The zero-order valence-electron chi connectivity index (χ0n) is 11.2. The van der Waals surface area contributed by atoms with Crippen LogP contribution in [0.5, 0.6) is 0 Å². The fourth-order valence-corrected chi connectivity index (χ4v) is 2.46. The number of pyridine rings is 1. The number of hydrogen-bond donors (Lipinski definition) is 1. The fraction of sp³-hybridized carbons (Fsp3) is 0.188. The van der Waals surface area contributed by atoms with Crippen LogP contribution >= 0.6 is 0 Å². The summed E-state index contributed by atoms with van der Waals surface area (Å²) in [5.74, 6) is 0. The topological polar surface area (TPSA) is 43.3 Å². The van der Waals surface area contributed by atoms with Gasteiger partial charge in [-0.25, -0.2) is 4.98 Å². The van der Waals surface area contributed by atoms with Crippen molar-refractivity contribution in [2.75, 3.05) is 0 Å². The molecule has 0 aliphatic carbocycles. The molecule has 3 nitrogen and oxygen atoms in total. The van der Waals surface area contributed by atoms with E-state index in [1.54, 1.807) is 0 Å². The average Bonchev–Trinajstić information content (AvgIpc) is 2.79. The summed E-state index contributed by atoms with van der Waals surface area (Å²) in [6.45, 7) is 4.64. The number of aromatic nitrogens is 2. The van der Waals surface area contributed by atoms with E-state index < -0.39 is 0 Å². The molecule has 0 fully saturated rings. The van der Waals surface area contributed by atoms with Crippen LogP contribution < -0.4 is 5.73 Å². The van der Waals surface area contributed by atoms with Crippen LogP contribution in [0.2, 0.25) is 0 Å². The van der Waals surface area contributed by atoms with Gasteiger partial charge in [0.2, 0.25) is 0 Å². The molecule has 3 rings (SSSR count). The van der Waals surface area contributed by atoms with Gasteiger partial charge in [0, 0.05) is 17.8 Å². The first-order valence-electron chi connectivity index (χ1n) is 6.45. The van der Waals surface area contributed by atoms with E-state index in [9.17, 15) is 0 Å². The maximum absolute atomic E-state index is 5.94. The van der Waals surface area contributed by atoms with Crippen LogP contribution in [0.25, 0.3) is 16.9 Å². The number of aryl methyl sites for hydroxylation is 2. The summed E-state index contributed by atoms with van der Waals surface area (Å²) >= 11 is 0. The summed E-state index contributed by atoms with van der Waals surface area (Å²) in [5.41, 5.74) is 12.5. The van der Waals surface area contributed by atoms with Gasteiger partial charge in [-0.3, -0.25) is 4.40 Å². The molecule has 0 saturated heterocycles. The molecule has 19 heavy (non-hydrogen) atoms. The Bertz CT molecular complexity index is 724.